The Morgan fingerprint density at radius 1 is 1.15 bits per heavy atom. The Hall–Kier alpha value is -1.89. The summed E-state index contributed by atoms with van der Waals surface area (Å²) in [7, 11) is 1.64. The number of hydrogen-bond acceptors (Lipinski definition) is 7. The van der Waals surface area contributed by atoms with Crippen molar-refractivity contribution in [3.05, 3.63) is 27.5 Å². The molecule has 2 heterocycles. The number of methoxy groups -OCH3 is 1. The first-order valence-electron chi connectivity index (χ1n) is 10.6. The van der Waals surface area contributed by atoms with E-state index >= 15 is 0 Å². The molecule has 0 radical (unpaired) electrons. The normalized spacial score (nSPS) is 14.7. The maximum Gasteiger partial charge on any atom is 0.409 e. The minimum Gasteiger partial charge on any atom is -0.450 e. The van der Waals surface area contributed by atoms with Crippen molar-refractivity contribution in [2.24, 2.45) is 4.99 Å². The van der Waals surface area contributed by atoms with Crippen molar-refractivity contribution < 1.29 is 23.9 Å². The highest BCUT2D eigenvalue weighted by Crippen LogP contribution is 2.22. The standard InChI is InChI=1S/C21H27BrN4O5S2/c1-3-31-21(29)25-8-6-24(7-9-25)19(28)14-32-13-18(27)23-20-26(10-11-30-2)16-5-4-15(22)12-17(16)33-20/h4-5,12H,3,6-11,13-14H2,1-2H3. The van der Waals surface area contributed by atoms with Crippen LogP contribution in [0, 0.1) is 0 Å². The lowest BCUT2D eigenvalue weighted by molar-refractivity contribution is -0.129. The van der Waals surface area contributed by atoms with Gasteiger partial charge in [-0.25, -0.2) is 4.79 Å². The van der Waals surface area contributed by atoms with Gasteiger partial charge < -0.3 is 23.8 Å². The van der Waals surface area contributed by atoms with Gasteiger partial charge in [0.1, 0.15) is 0 Å². The highest BCUT2D eigenvalue weighted by Gasteiger charge is 2.24. The van der Waals surface area contributed by atoms with E-state index in [-0.39, 0.29) is 29.4 Å². The van der Waals surface area contributed by atoms with Crippen LogP contribution in [0.3, 0.4) is 0 Å². The van der Waals surface area contributed by atoms with Gasteiger partial charge in [-0.3, -0.25) is 9.59 Å². The van der Waals surface area contributed by atoms with Crippen molar-refractivity contribution in [1.82, 2.24) is 14.4 Å². The summed E-state index contributed by atoms with van der Waals surface area (Å²) in [5.41, 5.74) is 0.997. The predicted octanol–water partition coefficient (Wildman–Crippen LogP) is 2.57. The summed E-state index contributed by atoms with van der Waals surface area (Å²) in [6, 6.07) is 5.95. The highest BCUT2D eigenvalue weighted by atomic mass is 79.9. The second-order valence-corrected chi connectivity index (χ2v) is 10.1. The number of ether oxygens (including phenoxy) is 2. The monoisotopic (exact) mass is 558 g/mol. The topological polar surface area (TPSA) is 93.4 Å². The molecule has 3 rings (SSSR count). The van der Waals surface area contributed by atoms with Crippen LogP contribution < -0.4 is 4.80 Å². The third-order valence-corrected chi connectivity index (χ3v) is 7.43. The Bertz CT molecular complexity index is 1060. The predicted molar refractivity (Wildman–Crippen MR) is 132 cm³/mol. The number of benzene rings is 1. The number of carbonyl (C=O) groups is 3. The Labute approximate surface area is 208 Å². The van der Waals surface area contributed by atoms with Gasteiger partial charge in [-0.2, -0.15) is 4.99 Å². The summed E-state index contributed by atoms with van der Waals surface area (Å²) in [6.07, 6.45) is -0.345. The van der Waals surface area contributed by atoms with Gasteiger partial charge in [0.25, 0.3) is 5.91 Å². The minimum atomic E-state index is -0.345. The molecule has 1 aliphatic rings. The van der Waals surface area contributed by atoms with Gasteiger partial charge in [0.15, 0.2) is 4.80 Å². The fraction of sp³-hybridized carbons (Fsp3) is 0.524. The SMILES string of the molecule is CCOC(=O)N1CCN(C(=O)CSCC(=O)N=c2sc3cc(Br)ccc3n2CCOC)CC1. The van der Waals surface area contributed by atoms with Gasteiger partial charge in [-0.15, -0.1) is 11.8 Å². The summed E-state index contributed by atoms with van der Waals surface area (Å²) < 4.78 is 14.2. The third-order valence-electron chi connectivity index (χ3n) is 4.99. The third kappa shape index (κ3) is 7.05. The summed E-state index contributed by atoms with van der Waals surface area (Å²) in [4.78, 5) is 45.0. The van der Waals surface area contributed by atoms with E-state index in [1.165, 1.54) is 23.1 Å². The van der Waals surface area contributed by atoms with E-state index < -0.39 is 0 Å². The largest absolute Gasteiger partial charge is 0.450 e. The molecule has 1 aliphatic heterocycles. The van der Waals surface area contributed by atoms with E-state index in [0.717, 1.165) is 14.7 Å². The van der Waals surface area contributed by atoms with E-state index in [2.05, 4.69) is 20.9 Å². The molecule has 9 nitrogen and oxygen atoms in total. The molecule has 2 aromatic rings. The maximum absolute atomic E-state index is 12.5. The number of thiazole rings is 1. The molecule has 0 spiro atoms. The van der Waals surface area contributed by atoms with Crippen LogP contribution in [0.15, 0.2) is 27.7 Å². The Balaban J connectivity index is 1.54. The van der Waals surface area contributed by atoms with Crippen molar-refractivity contribution in [2.45, 2.75) is 13.5 Å². The van der Waals surface area contributed by atoms with Gasteiger partial charge in [-0.05, 0) is 25.1 Å². The first-order chi connectivity index (χ1) is 15.9. The van der Waals surface area contributed by atoms with Crippen molar-refractivity contribution in [2.75, 3.05) is 58.0 Å². The zero-order valence-corrected chi connectivity index (χ0v) is 21.8. The van der Waals surface area contributed by atoms with Gasteiger partial charge in [-0.1, -0.05) is 27.3 Å². The fourth-order valence-electron chi connectivity index (χ4n) is 3.34. The number of carbonyl (C=O) groups excluding carboxylic acids is 3. The molecular formula is C21H27BrN4O5S2. The summed E-state index contributed by atoms with van der Waals surface area (Å²) in [6.45, 7) is 5.03. The number of piperazine rings is 1. The number of halogens is 1. The lowest BCUT2D eigenvalue weighted by Crippen LogP contribution is -2.51. The fourth-order valence-corrected chi connectivity index (χ4v) is 5.66. The summed E-state index contributed by atoms with van der Waals surface area (Å²) >= 11 is 6.18. The molecule has 0 N–H and O–H groups in total. The number of aromatic nitrogens is 1. The van der Waals surface area contributed by atoms with E-state index in [4.69, 9.17) is 9.47 Å². The van der Waals surface area contributed by atoms with Crippen molar-refractivity contribution in [3.63, 3.8) is 0 Å². The van der Waals surface area contributed by atoms with Gasteiger partial charge in [0.2, 0.25) is 5.91 Å². The minimum absolute atomic E-state index is 0.0434. The van der Waals surface area contributed by atoms with Crippen LogP contribution in [0.1, 0.15) is 6.92 Å². The van der Waals surface area contributed by atoms with Crippen LogP contribution in [0.2, 0.25) is 0 Å². The molecule has 0 bridgehead atoms. The molecule has 180 valence electrons. The first-order valence-corrected chi connectivity index (χ1v) is 13.3. The number of fused-ring (bicyclic) bond motifs is 1. The average Bonchev–Trinajstić information content (AvgIpc) is 3.13. The van der Waals surface area contributed by atoms with E-state index in [0.29, 0.717) is 50.7 Å². The van der Waals surface area contributed by atoms with Crippen LogP contribution in [0.4, 0.5) is 4.79 Å². The average molecular weight is 560 g/mol. The summed E-state index contributed by atoms with van der Waals surface area (Å²) in [5.74, 6) is -0.00427. The summed E-state index contributed by atoms with van der Waals surface area (Å²) in [5, 5.41) is 0. The molecule has 1 aromatic heterocycles. The van der Waals surface area contributed by atoms with Crippen LogP contribution >= 0.6 is 39.0 Å². The second kappa shape index (κ2) is 12.5. The van der Waals surface area contributed by atoms with Gasteiger partial charge in [0.05, 0.1) is 34.9 Å². The Morgan fingerprint density at radius 3 is 2.58 bits per heavy atom. The number of thioether (sulfide) groups is 1. The molecule has 1 aromatic carbocycles. The zero-order valence-electron chi connectivity index (χ0n) is 18.6. The number of amides is 3. The van der Waals surface area contributed by atoms with Gasteiger partial charge >= 0.3 is 6.09 Å². The Morgan fingerprint density at radius 2 is 1.88 bits per heavy atom. The van der Waals surface area contributed by atoms with Crippen LogP contribution in [0.25, 0.3) is 10.2 Å². The zero-order chi connectivity index (χ0) is 23.8. The first kappa shape index (κ1) is 25.7. The van der Waals surface area contributed by atoms with Crippen LogP contribution in [0.5, 0.6) is 0 Å². The lowest BCUT2D eigenvalue weighted by atomic mass is 10.3. The maximum atomic E-state index is 12.5. The Kier molecular flexibility index (Phi) is 9.78. The van der Waals surface area contributed by atoms with E-state index in [1.807, 2.05) is 22.8 Å². The van der Waals surface area contributed by atoms with Crippen molar-refractivity contribution >= 4 is 67.2 Å². The number of hydrogen-bond donors (Lipinski definition) is 0. The smallest absolute Gasteiger partial charge is 0.409 e. The molecule has 0 saturated carbocycles. The van der Waals surface area contributed by atoms with Gasteiger partial charge in [0, 0.05) is 44.3 Å². The molecule has 3 amide bonds. The highest BCUT2D eigenvalue weighted by molar-refractivity contribution is 9.10. The lowest BCUT2D eigenvalue weighted by Gasteiger charge is -2.34. The number of nitrogens with zero attached hydrogens (tertiary/aromatic N) is 4. The molecule has 0 unspecified atom stereocenters. The molecule has 12 heteroatoms. The molecule has 0 aliphatic carbocycles. The second-order valence-electron chi connectivity index (χ2n) is 7.21. The van der Waals surface area contributed by atoms with E-state index in [9.17, 15) is 14.4 Å². The van der Waals surface area contributed by atoms with Crippen LogP contribution in [-0.4, -0.2) is 90.3 Å². The quantitative estimate of drug-likeness (QED) is 0.494. The molecule has 0 atom stereocenters. The van der Waals surface area contributed by atoms with Crippen molar-refractivity contribution in [3.8, 4) is 0 Å². The van der Waals surface area contributed by atoms with Crippen molar-refractivity contribution in [1.29, 1.82) is 0 Å². The molecule has 33 heavy (non-hydrogen) atoms. The molecule has 1 fully saturated rings. The number of rotatable bonds is 8. The molecular weight excluding hydrogens is 532 g/mol. The van der Waals surface area contributed by atoms with E-state index in [1.54, 1.807) is 23.8 Å². The van der Waals surface area contributed by atoms with Crippen LogP contribution in [-0.2, 0) is 25.6 Å². The molecule has 1 saturated heterocycles.